The molecule has 6 heteroatoms. The molecule has 0 bridgehead atoms. The van der Waals surface area contributed by atoms with Gasteiger partial charge in [0.2, 0.25) is 0 Å². The second kappa shape index (κ2) is 6.58. The topological polar surface area (TPSA) is 90.2 Å². The molecule has 2 rings (SSSR count). The Morgan fingerprint density at radius 2 is 1.95 bits per heavy atom. The number of phenols is 2. The predicted molar refractivity (Wildman–Crippen MR) is 71.7 cm³/mol. The molecule has 1 aromatic rings. The zero-order valence-corrected chi connectivity index (χ0v) is 11.2. The Balaban J connectivity index is 1.92. The summed E-state index contributed by atoms with van der Waals surface area (Å²) >= 11 is 0. The van der Waals surface area contributed by atoms with E-state index in [4.69, 9.17) is 9.84 Å². The van der Waals surface area contributed by atoms with E-state index >= 15 is 0 Å². The number of benzene rings is 1. The molecule has 6 nitrogen and oxygen atoms in total. The summed E-state index contributed by atoms with van der Waals surface area (Å²) in [6.45, 7) is 1.49. The van der Waals surface area contributed by atoms with E-state index in [1.54, 1.807) is 4.90 Å². The van der Waals surface area contributed by atoms with Gasteiger partial charge in [-0.1, -0.05) is 0 Å². The molecule has 1 aliphatic rings. The normalized spacial score (nSPS) is 16.4. The van der Waals surface area contributed by atoms with Crippen molar-refractivity contribution in [2.75, 3.05) is 26.3 Å². The van der Waals surface area contributed by atoms with Gasteiger partial charge in [0.1, 0.15) is 0 Å². The van der Waals surface area contributed by atoms with Gasteiger partial charge in [-0.25, -0.2) is 0 Å². The highest BCUT2D eigenvalue weighted by atomic mass is 16.5. The van der Waals surface area contributed by atoms with Crippen molar-refractivity contribution in [1.29, 1.82) is 0 Å². The highest BCUT2D eigenvalue weighted by Crippen LogP contribution is 2.26. The number of carbonyl (C=O) groups is 1. The highest BCUT2D eigenvalue weighted by molar-refractivity contribution is 5.95. The zero-order valence-electron chi connectivity index (χ0n) is 11.2. The molecule has 0 atom stereocenters. The monoisotopic (exact) mass is 281 g/mol. The number of rotatable bonds is 4. The minimum atomic E-state index is -0.294. The largest absolute Gasteiger partial charge is 0.504 e. The molecule has 0 unspecified atom stereocenters. The summed E-state index contributed by atoms with van der Waals surface area (Å²) in [5, 5.41) is 27.4. The third-order valence-electron chi connectivity index (χ3n) is 3.40. The second-order valence-corrected chi connectivity index (χ2v) is 4.79. The van der Waals surface area contributed by atoms with E-state index in [0.29, 0.717) is 25.3 Å². The Morgan fingerprint density at radius 1 is 1.25 bits per heavy atom. The number of piperidine rings is 1. The number of nitrogens with zero attached hydrogens (tertiary/aromatic N) is 1. The minimum Gasteiger partial charge on any atom is -0.504 e. The van der Waals surface area contributed by atoms with Gasteiger partial charge in [0.25, 0.3) is 5.91 Å². The number of amides is 1. The molecular formula is C14H19NO5. The van der Waals surface area contributed by atoms with Crippen LogP contribution in [0.4, 0.5) is 0 Å². The van der Waals surface area contributed by atoms with Crippen molar-refractivity contribution in [3.8, 4) is 11.5 Å². The first-order valence-corrected chi connectivity index (χ1v) is 6.65. The summed E-state index contributed by atoms with van der Waals surface area (Å²) in [5.41, 5.74) is 0.357. The van der Waals surface area contributed by atoms with Crippen LogP contribution in [-0.2, 0) is 4.74 Å². The van der Waals surface area contributed by atoms with E-state index in [-0.39, 0.29) is 30.1 Å². The van der Waals surface area contributed by atoms with Crippen molar-refractivity contribution in [1.82, 2.24) is 4.90 Å². The number of likely N-dealkylation sites (tertiary alicyclic amines) is 1. The van der Waals surface area contributed by atoms with Gasteiger partial charge in [-0.2, -0.15) is 0 Å². The van der Waals surface area contributed by atoms with Gasteiger partial charge in [-0.05, 0) is 31.0 Å². The highest BCUT2D eigenvalue weighted by Gasteiger charge is 2.24. The Bertz CT molecular complexity index is 469. The number of carbonyl (C=O) groups excluding carboxylic acids is 1. The van der Waals surface area contributed by atoms with Crippen LogP contribution in [0.5, 0.6) is 11.5 Å². The lowest BCUT2D eigenvalue weighted by Gasteiger charge is -2.32. The number of aliphatic hydroxyl groups excluding tert-OH is 1. The fraction of sp³-hybridized carbons (Fsp3) is 0.500. The maximum Gasteiger partial charge on any atom is 0.253 e. The Hall–Kier alpha value is -1.79. The van der Waals surface area contributed by atoms with E-state index in [1.807, 2.05) is 0 Å². The first-order valence-electron chi connectivity index (χ1n) is 6.65. The van der Waals surface area contributed by atoms with Crippen molar-refractivity contribution >= 4 is 5.91 Å². The molecule has 1 aliphatic heterocycles. The molecule has 20 heavy (non-hydrogen) atoms. The van der Waals surface area contributed by atoms with E-state index < -0.39 is 0 Å². The summed E-state index contributed by atoms with van der Waals surface area (Å²) in [7, 11) is 0. The van der Waals surface area contributed by atoms with Crippen LogP contribution in [0, 0.1) is 0 Å². The maximum absolute atomic E-state index is 12.2. The van der Waals surface area contributed by atoms with Crippen LogP contribution < -0.4 is 0 Å². The van der Waals surface area contributed by atoms with Crippen molar-refractivity contribution in [2.24, 2.45) is 0 Å². The molecule has 0 radical (unpaired) electrons. The molecule has 1 aromatic carbocycles. The lowest BCUT2D eigenvalue weighted by atomic mass is 10.1. The van der Waals surface area contributed by atoms with Crippen LogP contribution >= 0.6 is 0 Å². The fourth-order valence-corrected chi connectivity index (χ4v) is 2.28. The zero-order chi connectivity index (χ0) is 14.5. The summed E-state index contributed by atoms with van der Waals surface area (Å²) in [4.78, 5) is 13.9. The molecule has 1 saturated heterocycles. The average molecular weight is 281 g/mol. The van der Waals surface area contributed by atoms with Crippen LogP contribution in [0.1, 0.15) is 23.2 Å². The number of aromatic hydroxyl groups is 2. The number of ether oxygens (including phenoxy) is 1. The van der Waals surface area contributed by atoms with Gasteiger partial charge < -0.3 is 25.0 Å². The van der Waals surface area contributed by atoms with Crippen molar-refractivity contribution in [3.63, 3.8) is 0 Å². The molecular weight excluding hydrogens is 262 g/mol. The van der Waals surface area contributed by atoms with Crippen LogP contribution in [0.15, 0.2) is 18.2 Å². The molecule has 1 heterocycles. The van der Waals surface area contributed by atoms with Crippen molar-refractivity contribution < 1.29 is 24.9 Å². The molecule has 0 saturated carbocycles. The van der Waals surface area contributed by atoms with Gasteiger partial charge >= 0.3 is 0 Å². The first-order chi connectivity index (χ1) is 9.61. The molecule has 1 fully saturated rings. The smallest absolute Gasteiger partial charge is 0.253 e. The summed E-state index contributed by atoms with van der Waals surface area (Å²) in [6, 6.07) is 4.07. The fourth-order valence-electron chi connectivity index (χ4n) is 2.28. The third-order valence-corrected chi connectivity index (χ3v) is 3.40. The summed E-state index contributed by atoms with van der Waals surface area (Å²) in [5.74, 6) is -0.699. The van der Waals surface area contributed by atoms with Crippen LogP contribution in [0.3, 0.4) is 0 Å². The maximum atomic E-state index is 12.2. The number of phenolic OH excluding ortho intramolecular Hbond substituents is 2. The van der Waals surface area contributed by atoms with Crippen LogP contribution in [0.2, 0.25) is 0 Å². The molecule has 110 valence electrons. The molecule has 1 amide bonds. The SMILES string of the molecule is O=C(c1ccc(O)c(O)c1)N1CCC(OCCO)CC1. The average Bonchev–Trinajstić information content (AvgIpc) is 2.48. The minimum absolute atomic E-state index is 0.00588. The second-order valence-electron chi connectivity index (χ2n) is 4.79. The first kappa shape index (κ1) is 14.6. The van der Waals surface area contributed by atoms with E-state index in [1.165, 1.54) is 18.2 Å². The van der Waals surface area contributed by atoms with E-state index in [0.717, 1.165) is 12.8 Å². The van der Waals surface area contributed by atoms with E-state index in [2.05, 4.69) is 0 Å². The van der Waals surface area contributed by atoms with Gasteiger partial charge in [-0.15, -0.1) is 0 Å². The van der Waals surface area contributed by atoms with E-state index in [9.17, 15) is 15.0 Å². The van der Waals surface area contributed by atoms with Crippen LogP contribution in [-0.4, -0.2) is 58.5 Å². The van der Waals surface area contributed by atoms with Gasteiger partial charge in [-0.3, -0.25) is 4.79 Å². The van der Waals surface area contributed by atoms with Crippen molar-refractivity contribution in [2.45, 2.75) is 18.9 Å². The predicted octanol–water partition coefficient (Wildman–Crippen LogP) is 0.711. The van der Waals surface area contributed by atoms with Gasteiger partial charge in [0.05, 0.1) is 19.3 Å². The lowest BCUT2D eigenvalue weighted by molar-refractivity contribution is -0.00554. The quantitative estimate of drug-likeness (QED) is 0.707. The van der Waals surface area contributed by atoms with Crippen LogP contribution in [0.25, 0.3) is 0 Å². The molecule has 0 spiro atoms. The Morgan fingerprint density at radius 3 is 2.55 bits per heavy atom. The number of aliphatic hydroxyl groups is 1. The molecule has 0 aromatic heterocycles. The molecule has 3 N–H and O–H groups in total. The lowest BCUT2D eigenvalue weighted by Crippen LogP contribution is -2.41. The summed E-state index contributed by atoms with van der Waals surface area (Å²) in [6.07, 6.45) is 1.55. The Labute approximate surface area is 117 Å². The molecule has 0 aliphatic carbocycles. The van der Waals surface area contributed by atoms with Crippen molar-refractivity contribution in [3.05, 3.63) is 23.8 Å². The standard InChI is InChI=1S/C14H19NO5/c16-7-8-20-11-3-5-15(6-4-11)14(19)10-1-2-12(17)13(18)9-10/h1-2,9,11,16-18H,3-8H2. The summed E-state index contributed by atoms with van der Waals surface area (Å²) < 4.78 is 5.44. The Kier molecular flexibility index (Phi) is 4.81. The van der Waals surface area contributed by atoms with Gasteiger partial charge in [0.15, 0.2) is 11.5 Å². The number of hydrogen-bond donors (Lipinski definition) is 3. The number of hydrogen-bond acceptors (Lipinski definition) is 5. The third kappa shape index (κ3) is 3.40. The van der Waals surface area contributed by atoms with Gasteiger partial charge in [0, 0.05) is 18.7 Å².